The Hall–Kier alpha value is -3.28. The average Bonchev–Trinajstić information content (AvgIpc) is 2.62. The highest BCUT2D eigenvalue weighted by Gasteiger charge is 2.12. The lowest BCUT2D eigenvalue weighted by molar-refractivity contribution is 0.387. The van der Waals surface area contributed by atoms with Crippen molar-refractivity contribution in [2.24, 2.45) is 0 Å². The van der Waals surface area contributed by atoms with Crippen molar-refractivity contribution in [3.05, 3.63) is 60.3 Å². The highest BCUT2D eigenvalue weighted by atomic mass is 19.1. The third-order valence-corrected chi connectivity index (χ3v) is 3.63. The summed E-state index contributed by atoms with van der Waals surface area (Å²) >= 11 is 0. The maximum atomic E-state index is 13.7. The molecule has 0 radical (unpaired) electrons. The Morgan fingerprint density at radius 1 is 1.17 bits per heavy atom. The average molecular weight is 322 g/mol. The largest absolute Gasteiger partial charge is 0.494 e. The molecule has 3 rings (SSSR count). The number of aromatic nitrogens is 2. The van der Waals surface area contributed by atoms with Gasteiger partial charge in [0.25, 0.3) is 0 Å². The normalized spacial score (nSPS) is 10.4. The second-order valence-corrected chi connectivity index (χ2v) is 5.09. The number of hydrogen-bond donors (Lipinski definition) is 2. The van der Waals surface area contributed by atoms with Crippen LogP contribution in [0.5, 0.6) is 5.75 Å². The number of hydrogen-bond acceptors (Lipinski definition) is 5. The summed E-state index contributed by atoms with van der Waals surface area (Å²) in [5.74, 6) is -0.277. The third kappa shape index (κ3) is 2.81. The van der Waals surface area contributed by atoms with Crippen LogP contribution in [0.4, 0.5) is 10.1 Å². The highest BCUT2D eigenvalue weighted by molar-refractivity contribution is 5.86. The van der Waals surface area contributed by atoms with Crippen LogP contribution in [0.3, 0.4) is 0 Å². The van der Waals surface area contributed by atoms with E-state index >= 15 is 0 Å². The number of pyridine rings is 2. The predicted octanol–water partition coefficient (Wildman–Crippen LogP) is 3.54. The standard InChI is InChI=1S/C18H15FN4O/c1-24-17-8-11(4-5-14(17)19)18-13(3-2-6-22-18)12-7-15(21)16(9-20)23-10-12/h2-10,20H,21H2,1H3. The number of nitrogens with two attached hydrogens (primary N) is 1. The topological polar surface area (TPSA) is 84.9 Å². The predicted molar refractivity (Wildman–Crippen MR) is 91.7 cm³/mol. The zero-order valence-corrected chi connectivity index (χ0v) is 13.0. The summed E-state index contributed by atoms with van der Waals surface area (Å²) in [6.45, 7) is 0. The van der Waals surface area contributed by atoms with Crippen molar-refractivity contribution in [3.63, 3.8) is 0 Å². The summed E-state index contributed by atoms with van der Waals surface area (Å²) in [5, 5.41) is 7.27. The quantitative estimate of drug-likeness (QED) is 0.720. The Balaban J connectivity index is 2.15. The van der Waals surface area contributed by atoms with Gasteiger partial charge >= 0.3 is 0 Å². The number of methoxy groups -OCH3 is 1. The summed E-state index contributed by atoms with van der Waals surface area (Å²) in [6, 6.07) is 10.0. The molecule has 120 valence electrons. The molecule has 3 aromatic rings. The van der Waals surface area contributed by atoms with Gasteiger partial charge in [-0.25, -0.2) is 4.39 Å². The molecule has 0 fully saturated rings. The maximum Gasteiger partial charge on any atom is 0.165 e. The van der Waals surface area contributed by atoms with E-state index in [1.165, 1.54) is 13.2 Å². The summed E-state index contributed by atoms with van der Waals surface area (Å²) in [7, 11) is 1.42. The molecule has 3 N–H and O–H groups in total. The van der Waals surface area contributed by atoms with E-state index in [2.05, 4.69) is 9.97 Å². The number of nitrogen functional groups attached to an aromatic ring is 1. The number of nitrogens with one attached hydrogen (secondary N) is 1. The zero-order valence-electron chi connectivity index (χ0n) is 13.0. The van der Waals surface area contributed by atoms with Crippen molar-refractivity contribution >= 4 is 11.9 Å². The fourth-order valence-electron chi connectivity index (χ4n) is 2.44. The monoisotopic (exact) mass is 322 g/mol. The van der Waals surface area contributed by atoms with E-state index in [4.69, 9.17) is 15.9 Å². The van der Waals surface area contributed by atoms with Crippen molar-refractivity contribution in [2.45, 2.75) is 0 Å². The Labute approximate surface area is 138 Å². The van der Waals surface area contributed by atoms with Crippen molar-refractivity contribution in [1.82, 2.24) is 9.97 Å². The molecule has 1 aromatic carbocycles. The number of nitrogens with zero attached hydrogens (tertiary/aromatic N) is 2. The lowest BCUT2D eigenvalue weighted by atomic mass is 10.00. The molecule has 2 aromatic heterocycles. The maximum absolute atomic E-state index is 13.7. The van der Waals surface area contributed by atoms with E-state index in [-0.39, 0.29) is 5.75 Å². The van der Waals surface area contributed by atoms with Gasteiger partial charge in [-0.2, -0.15) is 0 Å². The van der Waals surface area contributed by atoms with Crippen molar-refractivity contribution in [3.8, 4) is 28.1 Å². The van der Waals surface area contributed by atoms with E-state index in [0.29, 0.717) is 17.1 Å². The first-order chi connectivity index (χ1) is 11.6. The Morgan fingerprint density at radius 2 is 2.00 bits per heavy atom. The van der Waals surface area contributed by atoms with Crippen LogP contribution in [-0.4, -0.2) is 23.3 Å². The van der Waals surface area contributed by atoms with Gasteiger partial charge in [-0.3, -0.25) is 9.97 Å². The Bertz CT molecular complexity index is 911. The SMILES string of the molecule is COc1cc(-c2ncccc2-c2cnc(C=N)c(N)c2)ccc1F. The van der Waals surface area contributed by atoms with E-state index in [0.717, 1.165) is 22.9 Å². The van der Waals surface area contributed by atoms with Gasteiger partial charge in [0, 0.05) is 35.3 Å². The van der Waals surface area contributed by atoms with Gasteiger partial charge in [-0.15, -0.1) is 0 Å². The Morgan fingerprint density at radius 3 is 2.71 bits per heavy atom. The van der Waals surface area contributed by atoms with Crippen LogP contribution in [0.1, 0.15) is 5.69 Å². The van der Waals surface area contributed by atoms with Gasteiger partial charge < -0.3 is 15.9 Å². The number of halogens is 1. The van der Waals surface area contributed by atoms with Crippen molar-refractivity contribution in [2.75, 3.05) is 12.8 Å². The molecule has 0 aliphatic heterocycles. The van der Waals surface area contributed by atoms with E-state index in [1.54, 1.807) is 36.7 Å². The summed E-state index contributed by atoms with van der Waals surface area (Å²) in [5.41, 5.74) is 9.70. The van der Waals surface area contributed by atoms with Crippen LogP contribution in [0, 0.1) is 11.2 Å². The smallest absolute Gasteiger partial charge is 0.165 e. The van der Waals surface area contributed by atoms with Crippen LogP contribution in [-0.2, 0) is 0 Å². The van der Waals surface area contributed by atoms with Gasteiger partial charge in [0.1, 0.15) is 5.69 Å². The van der Waals surface area contributed by atoms with Gasteiger partial charge in [0.2, 0.25) is 0 Å². The van der Waals surface area contributed by atoms with Crippen molar-refractivity contribution in [1.29, 1.82) is 5.41 Å². The second kappa shape index (κ2) is 6.45. The molecular weight excluding hydrogens is 307 g/mol. The molecule has 6 heteroatoms. The first kappa shape index (κ1) is 15.6. The van der Waals surface area contributed by atoms with E-state index < -0.39 is 5.82 Å². The van der Waals surface area contributed by atoms with Gasteiger partial charge in [0.15, 0.2) is 11.6 Å². The van der Waals surface area contributed by atoms with Crippen LogP contribution < -0.4 is 10.5 Å². The summed E-state index contributed by atoms with van der Waals surface area (Å²) < 4.78 is 18.7. The van der Waals surface area contributed by atoms with Crippen LogP contribution in [0.15, 0.2) is 48.8 Å². The summed E-state index contributed by atoms with van der Waals surface area (Å²) in [4.78, 5) is 8.59. The van der Waals surface area contributed by atoms with E-state index in [9.17, 15) is 4.39 Å². The first-order valence-electron chi connectivity index (χ1n) is 7.19. The number of anilines is 1. The minimum atomic E-state index is -0.431. The molecule has 0 unspecified atom stereocenters. The molecule has 0 aliphatic carbocycles. The van der Waals surface area contributed by atoms with Gasteiger partial charge in [0.05, 0.1) is 18.5 Å². The summed E-state index contributed by atoms with van der Waals surface area (Å²) in [6.07, 6.45) is 4.41. The van der Waals surface area contributed by atoms with Crippen LogP contribution >= 0.6 is 0 Å². The van der Waals surface area contributed by atoms with Crippen molar-refractivity contribution < 1.29 is 9.13 Å². The molecule has 0 bridgehead atoms. The third-order valence-electron chi connectivity index (χ3n) is 3.63. The highest BCUT2D eigenvalue weighted by Crippen LogP contribution is 2.33. The molecule has 5 nitrogen and oxygen atoms in total. The number of rotatable bonds is 4. The first-order valence-corrected chi connectivity index (χ1v) is 7.19. The molecule has 0 aliphatic rings. The fourth-order valence-corrected chi connectivity index (χ4v) is 2.44. The van der Waals surface area contributed by atoms with Crippen LogP contribution in [0.2, 0.25) is 0 Å². The lowest BCUT2D eigenvalue weighted by Crippen LogP contribution is -1.98. The zero-order chi connectivity index (χ0) is 17.1. The minimum absolute atomic E-state index is 0.154. The lowest BCUT2D eigenvalue weighted by Gasteiger charge is -2.11. The number of benzene rings is 1. The molecule has 0 saturated carbocycles. The van der Waals surface area contributed by atoms with E-state index in [1.807, 2.05) is 6.07 Å². The van der Waals surface area contributed by atoms with Crippen LogP contribution in [0.25, 0.3) is 22.4 Å². The molecule has 0 atom stereocenters. The van der Waals surface area contributed by atoms with Gasteiger partial charge in [-0.1, -0.05) is 6.07 Å². The Kier molecular flexibility index (Phi) is 4.20. The molecule has 0 spiro atoms. The molecule has 24 heavy (non-hydrogen) atoms. The molecule has 0 amide bonds. The molecule has 0 saturated heterocycles. The molecular formula is C18H15FN4O. The minimum Gasteiger partial charge on any atom is -0.494 e. The second-order valence-electron chi connectivity index (χ2n) is 5.09. The fraction of sp³-hybridized carbons (Fsp3) is 0.0556. The molecule has 2 heterocycles. The van der Waals surface area contributed by atoms with Gasteiger partial charge in [-0.05, 0) is 30.3 Å². The number of ether oxygens (including phenoxy) is 1.